The number of halogens is 1. The van der Waals surface area contributed by atoms with Crippen LogP contribution in [0.1, 0.15) is 25.7 Å². The summed E-state index contributed by atoms with van der Waals surface area (Å²) in [5.74, 6) is 0.710. The van der Waals surface area contributed by atoms with Crippen LogP contribution in [-0.2, 0) is 0 Å². The fourth-order valence-corrected chi connectivity index (χ4v) is 3.23. The van der Waals surface area contributed by atoms with Gasteiger partial charge in [-0.15, -0.1) is 0 Å². The van der Waals surface area contributed by atoms with Gasteiger partial charge in [0, 0.05) is 18.2 Å². The Morgan fingerprint density at radius 3 is 2.41 bits per heavy atom. The first-order valence-electron chi connectivity index (χ1n) is 5.75. The number of pyridine rings is 1. The van der Waals surface area contributed by atoms with E-state index in [1.807, 2.05) is 0 Å². The van der Waals surface area contributed by atoms with Crippen LogP contribution in [0.2, 0.25) is 5.02 Å². The lowest BCUT2D eigenvalue weighted by Crippen LogP contribution is -2.29. The number of anilines is 1. The third-order valence-electron chi connectivity index (χ3n) is 3.72. The van der Waals surface area contributed by atoms with Gasteiger partial charge in [-0.2, -0.15) is 0 Å². The third kappa shape index (κ3) is 1.65. The van der Waals surface area contributed by atoms with E-state index in [1.54, 1.807) is 0 Å². The third-order valence-corrected chi connectivity index (χ3v) is 3.99. The van der Waals surface area contributed by atoms with Crippen LogP contribution in [-0.4, -0.2) is 22.0 Å². The Morgan fingerprint density at radius 2 is 1.94 bits per heavy atom. The first kappa shape index (κ1) is 10.8. The molecule has 2 bridgehead atoms. The molecule has 2 aliphatic rings. The van der Waals surface area contributed by atoms with Gasteiger partial charge in [0.05, 0.1) is 9.95 Å². The first-order valence-corrected chi connectivity index (χ1v) is 6.13. The highest BCUT2D eigenvalue weighted by atomic mass is 35.5. The van der Waals surface area contributed by atoms with Crippen LogP contribution >= 0.6 is 11.6 Å². The molecule has 90 valence electrons. The van der Waals surface area contributed by atoms with E-state index >= 15 is 0 Å². The van der Waals surface area contributed by atoms with Crippen molar-refractivity contribution in [2.75, 3.05) is 4.90 Å². The zero-order chi connectivity index (χ0) is 12.0. The molecule has 0 atom stereocenters. The molecule has 6 heteroatoms. The summed E-state index contributed by atoms with van der Waals surface area (Å²) in [7, 11) is 0. The van der Waals surface area contributed by atoms with Gasteiger partial charge in [0.2, 0.25) is 0 Å². The normalized spacial score (nSPS) is 26.5. The molecule has 0 amide bonds. The van der Waals surface area contributed by atoms with Crippen LogP contribution in [0.15, 0.2) is 12.3 Å². The number of nitrogens with zero attached hydrogens (tertiary/aromatic N) is 3. The van der Waals surface area contributed by atoms with Crippen molar-refractivity contribution < 1.29 is 4.92 Å². The Bertz CT molecular complexity index is 460. The van der Waals surface area contributed by atoms with Gasteiger partial charge in [-0.05, 0) is 25.7 Å². The zero-order valence-corrected chi connectivity index (χ0v) is 9.93. The summed E-state index contributed by atoms with van der Waals surface area (Å²) in [5, 5.41) is 11.0. The van der Waals surface area contributed by atoms with Gasteiger partial charge in [0.1, 0.15) is 12.0 Å². The highest BCUT2D eigenvalue weighted by molar-refractivity contribution is 6.33. The van der Waals surface area contributed by atoms with E-state index in [0.717, 1.165) is 0 Å². The highest BCUT2D eigenvalue weighted by Gasteiger charge is 2.40. The quantitative estimate of drug-likeness (QED) is 0.601. The van der Waals surface area contributed by atoms with Gasteiger partial charge >= 0.3 is 0 Å². The van der Waals surface area contributed by atoms with Crippen molar-refractivity contribution in [3.05, 3.63) is 27.4 Å². The molecule has 3 rings (SSSR count). The molecule has 2 aliphatic heterocycles. The second kappa shape index (κ2) is 3.84. The topological polar surface area (TPSA) is 59.3 Å². The van der Waals surface area contributed by atoms with Crippen LogP contribution in [0.5, 0.6) is 0 Å². The fraction of sp³-hybridized carbons (Fsp3) is 0.545. The molecule has 0 unspecified atom stereocenters. The molecule has 5 nitrogen and oxygen atoms in total. The Morgan fingerprint density at radius 1 is 1.35 bits per heavy atom. The number of hydrogen-bond acceptors (Lipinski definition) is 4. The predicted molar refractivity (Wildman–Crippen MR) is 64.4 cm³/mol. The maximum Gasteiger partial charge on any atom is 0.289 e. The van der Waals surface area contributed by atoms with Crippen molar-refractivity contribution in [1.82, 2.24) is 4.98 Å². The van der Waals surface area contributed by atoms with E-state index in [2.05, 4.69) is 9.88 Å². The largest absolute Gasteiger partial charge is 0.349 e. The van der Waals surface area contributed by atoms with Crippen LogP contribution < -0.4 is 4.90 Å². The molecule has 1 aromatic rings. The van der Waals surface area contributed by atoms with E-state index in [0.29, 0.717) is 22.9 Å². The molecule has 0 N–H and O–H groups in total. The Kier molecular flexibility index (Phi) is 2.43. The van der Waals surface area contributed by atoms with Crippen LogP contribution in [0, 0.1) is 10.1 Å². The summed E-state index contributed by atoms with van der Waals surface area (Å²) >= 11 is 6.10. The molecule has 1 aromatic heterocycles. The van der Waals surface area contributed by atoms with Gasteiger partial charge in [-0.25, -0.2) is 4.98 Å². The molecule has 0 spiro atoms. The number of nitro groups is 1. The van der Waals surface area contributed by atoms with Crippen LogP contribution in [0.4, 0.5) is 11.5 Å². The van der Waals surface area contributed by atoms with Gasteiger partial charge in [-0.1, -0.05) is 11.6 Å². The van der Waals surface area contributed by atoms with E-state index < -0.39 is 4.92 Å². The first-order chi connectivity index (χ1) is 8.16. The van der Waals surface area contributed by atoms with Gasteiger partial charge < -0.3 is 4.90 Å². The molecule has 0 aromatic carbocycles. The van der Waals surface area contributed by atoms with Gasteiger partial charge in [-0.3, -0.25) is 10.1 Å². The summed E-state index contributed by atoms with van der Waals surface area (Å²) in [6.45, 7) is 0. The lowest BCUT2D eigenvalue weighted by molar-refractivity contribution is -0.385. The second-order valence-electron chi connectivity index (χ2n) is 4.63. The van der Waals surface area contributed by atoms with Crippen molar-refractivity contribution in [3.63, 3.8) is 0 Å². The Hall–Kier alpha value is -1.36. The van der Waals surface area contributed by atoms with Crippen LogP contribution in [0.25, 0.3) is 0 Å². The van der Waals surface area contributed by atoms with E-state index in [1.165, 1.54) is 37.9 Å². The molecule has 0 radical (unpaired) electrons. The second-order valence-corrected chi connectivity index (χ2v) is 5.03. The van der Waals surface area contributed by atoms with Gasteiger partial charge in [0.15, 0.2) is 0 Å². The minimum Gasteiger partial charge on any atom is -0.349 e. The number of rotatable bonds is 2. The molecule has 2 saturated heterocycles. The van der Waals surface area contributed by atoms with E-state index in [4.69, 9.17) is 11.6 Å². The Balaban J connectivity index is 1.96. The lowest BCUT2D eigenvalue weighted by atomic mass is 10.0. The molecule has 2 fully saturated rings. The van der Waals surface area contributed by atoms with Gasteiger partial charge in [0.25, 0.3) is 5.69 Å². The summed E-state index contributed by atoms with van der Waals surface area (Å²) in [4.78, 5) is 16.6. The van der Waals surface area contributed by atoms with Crippen molar-refractivity contribution in [2.24, 2.45) is 0 Å². The summed E-state index contributed by atoms with van der Waals surface area (Å²) in [6.07, 6.45) is 6.01. The average Bonchev–Trinajstić information content (AvgIpc) is 2.88. The summed E-state index contributed by atoms with van der Waals surface area (Å²) in [6, 6.07) is 2.43. The summed E-state index contributed by atoms with van der Waals surface area (Å²) in [5.41, 5.74) is -0.0507. The monoisotopic (exact) mass is 253 g/mol. The van der Waals surface area contributed by atoms with E-state index in [-0.39, 0.29) is 5.69 Å². The number of fused-ring (bicyclic) bond motifs is 2. The predicted octanol–water partition coefficient (Wildman–Crippen LogP) is 2.77. The van der Waals surface area contributed by atoms with Crippen molar-refractivity contribution in [1.29, 1.82) is 0 Å². The average molecular weight is 254 g/mol. The van der Waals surface area contributed by atoms with Crippen molar-refractivity contribution in [3.8, 4) is 0 Å². The minimum absolute atomic E-state index is 0.0507. The van der Waals surface area contributed by atoms with E-state index in [9.17, 15) is 10.1 Å². The number of aromatic nitrogens is 1. The van der Waals surface area contributed by atoms with Crippen LogP contribution in [0.3, 0.4) is 0 Å². The zero-order valence-electron chi connectivity index (χ0n) is 9.17. The molecular formula is C11H12ClN3O2. The fourth-order valence-electron chi connectivity index (χ4n) is 2.97. The van der Waals surface area contributed by atoms with Crippen molar-refractivity contribution >= 4 is 23.1 Å². The molecule has 0 saturated carbocycles. The maximum absolute atomic E-state index is 10.6. The standard InChI is InChI=1S/C11H12ClN3O2/c12-10-5-9(15(16)17)6-13-11(10)14-7-1-2-8(14)4-3-7/h5-8H,1-4H2. The highest BCUT2D eigenvalue weighted by Crippen LogP contribution is 2.42. The molecular weight excluding hydrogens is 242 g/mol. The molecule has 17 heavy (non-hydrogen) atoms. The maximum atomic E-state index is 10.6. The molecule has 0 aliphatic carbocycles. The van der Waals surface area contributed by atoms with Crippen molar-refractivity contribution in [2.45, 2.75) is 37.8 Å². The number of hydrogen-bond donors (Lipinski definition) is 0. The summed E-state index contributed by atoms with van der Waals surface area (Å²) < 4.78 is 0. The minimum atomic E-state index is -0.471. The molecule has 3 heterocycles. The lowest BCUT2D eigenvalue weighted by Gasteiger charge is -2.23. The smallest absolute Gasteiger partial charge is 0.289 e. The Labute approximate surface area is 104 Å². The SMILES string of the molecule is O=[N+]([O-])c1cnc(N2C3CCC2CC3)c(Cl)c1.